The van der Waals surface area contributed by atoms with Crippen LogP contribution in [0.15, 0.2) is 18.2 Å². The van der Waals surface area contributed by atoms with Crippen LogP contribution in [0.2, 0.25) is 0 Å². The summed E-state index contributed by atoms with van der Waals surface area (Å²) in [5.74, 6) is -0.603. The summed E-state index contributed by atoms with van der Waals surface area (Å²) in [6, 6.07) is 3.43. The molecule has 0 saturated heterocycles. The van der Waals surface area contributed by atoms with E-state index in [4.69, 9.17) is 5.73 Å². The first-order valence-corrected chi connectivity index (χ1v) is 5.78. The molecule has 4 heteroatoms. The van der Waals surface area contributed by atoms with Crippen LogP contribution in [0.1, 0.15) is 24.9 Å². The normalized spacial score (nSPS) is 15.0. The second-order valence-electron chi connectivity index (χ2n) is 4.63. The smallest absolute Gasteiger partial charge is 0.128 e. The Labute approximate surface area is 101 Å². The standard InChI is InChI=1S/C13H20F2N2/c1-9(6-7-16)13(17(2)3)11-8-10(14)4-5-12(11)15/h4-5,8-9,13H,6-7,16H2,1-3H3. The fraction of sp³-hybridized carbons (Fsp3) is 0.538. The van der Waals surface area contributed by atoms with E-state index in [-0.39, 0.29) is 17.8 Å². The molecule has 0 saturated carbocycles. The maximum absolute atomic E-state index is 13.8. The molecule has 1 aromatic rings. The zero-order chi connectivity index (χ0) is 13.0. The van der Waals surface area contributed by atoms with Crippen molar-refractivity contribution in [1.82, 2.24) is 4.90 Å². The molecule has 0 bridgehead atoms. The molecule has 0 amide bonds. The van der Waals surface area contributed by atoms with Gasteiger partial charge in [0.05, 0.1) is 0 Å². The number of rotatable bonds is 5. The molecule has 0 spiro atoms. The monoisotopic (exact) mass is 242 g/mol. The topological polar surface area (TPSA) is 29.3 Å². The van der Waals surface area contributed by atoms with Gasteiger partial charge in [0.25, 0.3) is 0 Å². The van der Waals surface area contributed by atoms with Crippen molar-refractivity contribution in [3.05, 3.63) is 35.4 Å². The summed E-state index contributed by atoms with van der Waals surface area (Å²) in [4.78, 5) is 1.90. The van der Waals surface area contributed by atoms with Crippen molar-refractivity contribution in [2.24, 2.45) is 11.7 Å². The van der Waals surface area contributed by atoms with Crippen LogP contribution in [0, 0.1) is 17.6 Å². The van der Waals surface area contributed by atoms with Gasteiger partial charge in [-0.1, -0.05) is 6.92 Å². The van der Waals surface area contributed by atoms with Crippen molar-refractivity contribution < 1.29 is 8.78 Å². The number of nitrogens with two attached hydrogens (primary N) is 1. The summed E-state index contributed by atoms with van der Waals surface area (Å²) in [6.07, 6.45) is 0.777. The molecule has 2 N–H and O–H groups in total. The molecule has 2 unspecified atom stereocenters. The zero-order valence-corrected chi connectivity index (χ0v) is 10.6. The molecule has 0 aliphatic rings. The molecular formula is C13H20F2N2. The Balaban J connectivity index is 3.09. The predicted octanol–water partition coefficient (Wildman–Crippen LogP) is 2.55. The minimum absolute atomic E-state index is 0.158. The first kappa shape index (κ1) is 14.1. The SMILES string of the molecule is CC(CCN)C(c1cc(F)ccc1F)N(C)C. The summed E-state index contributed by atoms with van der Waals surface area (Å²) < 4.78 is 27.0. The molecule has 1 rings (SSSR count). The Morgan fingerprint density at radius 1 is 1.29 bits per heavy atom. The molecular weight excluding hydrogens is 222 g/mol. The fourth-order valence-corrected chi connectivity index (χ4v) is 2.26. The number of benzene rings is 1. The molecule has 0 heterocycles. The van der Waals surface area contributed by atoms with Crippen molar-refractivity contribution in [3.8, 4) is 0 Å². The van der Waals surface area contributed by atoms with Gasteiger partial charge >= 0.3 is 0 Å². The third-order valence-corrected chi connectivity index (χ3v) is 2.99. The van der Waals surface area contributed by atoms with E-state index >= 15 is 0 Å². The first-order chi connectivity index (χ1) is 7.97. The molecule has 2 atom stereocenters. The van der Waals surface area contributed by atoms with Crippen molar-refractivity contribution in [2.45, 2.75) is 19.4 Å². The number of hydrogen-bond donors (Lipinski definition) is 1. The van der Waals surface area contributed by atoms with Gasteiger partial charge in [-0.3, -0.25) is 0 Å². The lowest BCUT2D eigenvalue weighted by atomic mass is 9.90. The van der Waals surface area contributed by atoms with Crippen molar-refractivity contribution >= 4 is 0 Å². The minimum Gasteiger partial charge on any atom is -0.330 e. The first-order valence-electron chi connectivity index (χ1n) is 5.78. The van der Waals surface area contributed by atoms with Crippen molar-refractivity contribution in [3.63, 3.8) is 0 Å². The Hall–Kier alpha value is -1.00. The van der Waals surface area contributed by atoms with Crippen LogP contribution in [0.25, 0.3) is 0 Å². The van der Waals surface area contributed by atoms with Crippen LogP contribution in [0.4, 0.5) is 8.78 Å². The molecule has 0 radical (unpaired) electrons. The van der Waals surface area contributed by atoms with E-state index in [2.05, 4.69) is 0 Å². The lowest BCUT2D eigenvalue weighted by Gasteiger charge is -2.30. The van der Waals surface area contributed by atoms with Gasteiger partial charge in [0, 0.05) is 11.6 Å². The third-order valence-electron chi connectivity index (χ3n) is 2.99. The van der Waals surface area contributed by atoms with Crippen LogP contribution in [0.5, 0.6) is 0 Å². The van der Waals surface area contributed by atoms with Crippen LogP contribution in [-0.2, 0) is 0 Å². The predicted molar refractivity (Wildman–Crippen MR) is 65.6 cm³/mol. The second-order valence-corrected chi connectivity index (χ2v) is 4.63. The quantitative estimate of drug-likeness (QED) is 0.859. The van der Waals surface area contributed by atoms with E-state index in [1.54, 1.807) is 0 Å². The summed E-state index contributed by atoms with van der Waals surface area (Å²) in [7, 11) is 3.73. The highest BCUT2D eigenvalue weighted by atomic mass is 19.1. The van der Waals surface area contributed by atoms with Gasteiger partial charge in [0.15, 0.2) is 0 Å². The maximum Gasteiger partial charge on any atom is 0.128 e. The lowest BCUT2D eigenvalue weighted by molar-refractivity contribution is 0.211. The van der Waals surface area contributed by atoms with Gasteiger partial charge in [-0.15, -0.1) is 0 Å². The van der Waals surface area contributed by atoms with E-state index in [1.165, 1.54) is 12.1 Å². The Morgan fingerprint density at radius 3 is 2.47 bits per heavy atom. The zero-order valence-electron chi connectivity index (χ0n) is 10.6. The Morgan fingerprint density at radius 2 is 1.94 bits per heavy atom. The molecule has 0 aliphatic carbocycles. The van der Waals surface area contributed by atoms with E-state index in [0.717, 1.165) is 12.5 Å². The van der Waals surface area contributed by atoms with E-state index in [9.17, 15) is 8.78 Å². The largest absolute Gasteiger partial charge is 0.330 e. The lowest BCUT2D eigenvalue weighted by Crippen LogP contribution is -2.28. The van der Waals surface area contributed by atoms with Crippen LogP contribution in [0.3, 0.4) is 0 Å². The second kappa shape index (κ2) is 6.07. The van der Waals surface area contributed by atoms with Gasteiger partial charge in [0.2, 0.25) is 0 Å². The average Bonchev–Trinajstić information content (AvgIpc) is 2.23. The molecule has 0 aliphatic heterocycles. The molecule has 0 aromatic heterocycles. The highest BCUT2D eigenvalue weighted by Gasteiger charge is 2.24. The minimum atomic E-state index is -0.409. The van der Waals surface area contributed by atoms with Gasteiger partial charge < -0.3 is 10.6 Å². The van der Waals surface area contributed by atoms with Gasteiger partial charge in [-0.2, -0.15) is 0 Å². The van der Waals surface area contributed by atoms with E-state index in [1.807, 2.05) is 25.9 Å². The number of nitrogens with zero attached hydrogens (tertiary/aromatic N) is 1. The fourth-order valence-electron chi connectivity index (χ4n) is 2.26. The number of hydrogen-bond acceptors (Lipinski definition) is 2. The maximum atomic E-state index is 13.8. The van der Waals surface area contributed by atoms with Crippen LogP contribution >= 0.6 is 0 Å². The molecule has 1 aromatic carbocycles. The van der Waals surface area contributed by atoms with Gasteiger partial charge in [-0.05, 0) is 51.2 Å². The summed E-state index contributed by atoms with van der Waals surface area (Å²) in [5, 5.41) is 0. The van der Waals surface area contributed by atoms with E-state index in [0.29, 0.717) is 12.1 Å². The number of halogens is 2. The highest BCUT2D eigenvalue weighted by Crippen LogP contribution is 2.30. The third kappa shape index (κ3) is 3.48. The Kier molecular flexibility index (Phi) is 5.02. The highest BCUT2D eigenvalue weighted by molar-refractivity contribution is 5.23. The summed E-state index contributed by atoms with van der Waals surface area (Å²) in [6.45, 7) is 2.55. The summed E-state index contributed by atoms with van der Waals surface area (Å²) in [5.41, 5.74) is 5.93. The Bertz CT molecular complexity index is 366. The van der Waals surface area contributed by atoms with Crippen LogP contribution < -0.4 is 5.73 Å². The van der Waals surface area contributed by atoms with Crippen molar-refractivity contribution in [2.75, 3.05) is 20.6 Å². The van der Waals surface area contributed by atoms with E-state index < -0.39 is 5.82 Å². The molecule has 96 valence electrons. The van der Waals surface area contributed by atoms with Crippen LogP contribution in [-0.4, -0.2) is 25.5 Å². The molecule has 2 nitrogen and oxygen atoms in total. The average molecular weight is 242 g/mol. The van der Waals surface area contributed by atoms with Gasteiger partial charge in [0.1, 0.15) is 11.6 Å². The van der Waals surface area contributed by atoms with Gasteiger partial charge in [-0.25, -0.2) is 8.78 Å². The molecule has 0 fully saturated rings. The summed E-state index contributed by atoms with van der Waals surface area (Å²) >= 11 is 0. The molecule has 17 heavy (non-hydrogen) atoms. The van der Waals surface area contributed by atoms with Crippen molar-refractivity contribution in [1.29, 1.82) is 0 Å².